The molecule has 210 valence electrons. The zero-order valence-corrected chi connectivity index (χ0v) is 23.7. The summed E-state index contributed by atoms with van der Waals surface area (Å²) in [4.78, 5) is 47.6. The molecular weight excluding hydrogens is 524 g/mol. The summed E-state index contributed by atoms with van der Waals surface area (Å²) >= 11 is 1.30. The molecule has 0 saturated carbocycles. The van der Waals surface area contributed by atoms with Crippen molar-refractivity contribution in [1.29, 1.82) is 0 Å². The molecule has 2 aromatic rings. The van der Waals surface area contributed by atoms with Gasteiger partial charge in [-0.05, 0) is 47.4 Å². The van der Waals surface area contributed by atoms with Crippen LogP contribution in [0.3, 0.4) is 0 Å². The van der Waals surface area contributed by atoms with Gasteiger partial charge in [-0.2, -0.15) is 0 Å². The normalized spacial score (nSPS) is 22.5. The molecule has 5 atom stereocenters. The van der Waals surface area contributed by atoms with Crippen LogP contribution in [0.5, 0.6) is 0 Å². The molecular formula is C29H34O9S. The molecule has 0 unspecified atom stereocenters. The summed E-state index contributed by atoms with van der Waals surface area (Å²) in [5.41, 5.74) is 4.01. The molecule has 0 aromatic heterocycles. The zero-order chi connectivity index (χ0) is 28.7. The van der Waals surface area contributed by atoms with E-state index in [0.717, 1.165) is 27.8 Å². The highest BCUT2D eigenvalue weighted by atomic mass is 32.2. The first kappa shape index (κ1) is 30.2. The average Bonchev–Trinajstić information content (AvgIpc) is 2.87. The van der Waals surface area contributed by atoms with E-state index in [-0.39, 0.29) is 12.4 Å². The monoisotopic (exact) mass is 558 g/mol. The van der Waals surface area contributed by atoms with Crippen molar-refractivity contribution in [3.05, 3.63) is 70.3 Å². The molecule has 1 fully saturated rings. The minimum Gasteiger partial charge on any atom is -0.469 e. The third-order valence-corrected chi connectivity index (χ3v) is 7.17. The SMILES string of the molecule is COC(=O)Cc1ccc(Cc2cc([C@@H]3O[C@H](SC)[C@@H](OC(C)=O)[C@H](OC(C)=O)[C@H]3OC(C)=O)ccc2C)cc1. The molecule has 3 rings (SSSR count). The lowest BCUT2D eigenvalue weighted by molar-refractivity contribution is -0.233. The minimum atomic E-state index is -1.07. The van der Waals surface area contributed by atoms with Crippen molar-refractivity contribution in [2.75, 3.05) is 13.4 Å². The van der Waals surface area contributed by atoms with E-state index in [2.05, 4.69) is 0 Å². The van der Waals surface area contributed by atoms with E-state index in [1.54, 1.807) is 6.26 Å². The average molecular weight is 559 g/mol. The number of hydrogen-bond donors (Lipinski definition) is 0. The summed E-state index contributed by atoms with van der Waals surface area (Å²) in [6, 6.07) is 13.5. The second-order valence-electron chi connectivity index (χ2n) is 9.32. The van der Waals surface area contributed by atoms with Gasteiger partial charge in [-0.15, -0.1) is 11.8 Å². The van der Waals surface area contributed by atoms with Gasteiger partial charge in [0.25, 0.3) is 0 Å². The first-order valence-electron chi connectivity index (χ1n) is 12.5. The van der Waals surface area contributed by atoms with Gasteiger partial charge in [0.05, 0.1) is 13.5 Å². The van der Waals surface area contributed by atoms with E-state index in [1.165, 1.54) is 39.6 Å². The fourth-order valence-electron chi connectivity index (χ4n) is 4.52. The number of rotatable bonds is 9. The first-order valence-corrected chi connectivity index (χ1v) is 13.7. The van der Waals surface area contributed by atoms with Crippen LogP contribution in [0.2, 0.25) is 0 Å². The van der Waals surface area contributed by atoms with E-state index >= 15 is 0 Å². The number of hydrogen-bond acceptors (Lipinski definition) is 10. The van der Waals surface area contributed by atoms with Crippen molar-refractivity contribution in [1.82, 2.24) is 0 Å². The van der Waals surface area contributed by atoms with Crippen LogP contribution in [-0.4, -0.2) is 61.0 Å². The smallest absolute Gasteiger partial charge is 0.309 e. The number of benzene rings is 2. The van der Waals surface area contributed by atoms with Crippen molar-refractivity contribution >= 4 is 35.6 Å². The Morgan fingerprint density at radius 2 is 1.38 bits per heavy atom. The van der Waals surface area contributed by atoms with Crippen molar-refractivity contribution < 1.29 is 42.9 Å². The number of esters is 4. The summed E-state index contributed by atoms with van der Waals surface area (Å²) in [6.45, 7) is 5.75. The molecule has 0 bridgehead atoms. The molecule has 0 aliphatic carbocycles. The Hall–Kier alpha value is -3.37. The molecule has 0 amide bonds. The maximum atomic E-state index is 12.1. The van der Waals surface area contributed by atoms with E-state index in [0.29, 0.717) is 6.42 Å². The Balaban J connectivity index is 1.96. The number of carbonyl (C=O) groups is 4. The standard InChI is InChI=1S/C29H34O9S/c1-16-7-12-22(15-23(16)13-20-8-10-21(11-9-20)14-24(33)34-5)25-26(35-17(2)30)27(36-18(3)31)28(37-19(4)32)29(38-25)39-6/h7-12,15,25-29H,13-14H2,1-6H3/t25-,26-,27+,28-,29+/m0/s1. The van der Waals surface area contributed by atoms with E-state index in [9.17, 15) is 19.2 Å². The van der Waals surface area contributed by atoms with Crippen LogP contribution in [0.4, 0.5) is 0 Å². The van der Waals surface area contributed by atoms with Gasteiger partial charge in [-0.25, -0.2) is 0 Å². The van der Waals surface area contributed by atoms with E-state index < -0.39 is 47.8 Å². The lowest BCUT2D eigenvalue weighted by Crippen LogP contribution is -2.57. The van der Waals surface area contributed by atoms with Crippen LogP contribution in [0, 0.1) is 6.92 Å². The van der Waals surface area contributed by atoms with Crippen molar-refractivity contribution in [3.63, 3.8) is 0 Å². The third-order valence-electron chi connectivity index (χ3n) is 6.33. The molecule has 10 heteroatoms. The Labute approximate surface area is 232 Å². The molecule has 1 saturated heterocycles. The lowest BCUT2D eigenvalue weighted by atomic mass is 9.90. The number of ether oxygens (including phenoxy) is 5. The van der Waals surface area contributed by atoms with Crippen LogP contribution in [0.15, 0.2) is 42.5 Å². The number of carbonyl (C=O) groups excluding carboxylic acids is 4. The van der Waals surface area contributed by atoms with Gasteiger partial charge in [-0.1, -0.05) is 42.5 Å². The van der Waals surface area contributed by atoms with E-state index in [4.69, 9.17) is 23.7 Å². The van der Waals surface area contributed by atoms with Crippen molar-refractivity contribution in [3.8, 4) is 0 Å². The molecule has 39 heavy (non-hydrogen) atoms. The highest BCUT2D eigenvalue weighted by Crippen LogP contribution is 2.40. The van der Waals surface area contributed by atoms with Gasteiger partial charge >= 0.3 is 23.9 Å². The largest absolute Gasteiger partial charge is 0.469 e. The van der Waals surface area contributed by atoms with Gasteiger partial charge in [0.15, 0.2) is 18.3 Å². The number of methoxy groups -OCH3 is 1. The minimum absolute atomic E-state index is 0.205. The zero-order valence-electron chi connectivity index (χ0n) is 22.9. The molecule has 0 spiro atoms. The van der Waals surface area contributed by atoms with Crippen LogP contribution in [0.25, 0.3) is 0 Å². The van der Waals surface area contributed by atoms with Crippen molar-refractivity contribution in [2.45, 2.75) is 70.4 Å². The quantitative estimate of drug-likeness (QED) is 0.332. The fourth-order valence-corrected chi connectivity index (χ4v) is 5.23. The van der Waals surface area contributed by atoms with Crippen LogP contribution in [0.1, 0.15) is 54.7 Å². The van der Waals surface area contributed by atoms with Gasteiger partial charge in [0, 0.05) is 20.8 Å². The predicted molar refractivity (Wildman–Crippen MR) is 144 cm³/mol. The van der Waals surface area contributed by atoms with Gasteiger partial charge in [-0.3, -0.25) is 19.2 Å². The highest BCUT2D eigenvalue weighted by molar-refractivity contribution is 7.99. The Kier molecular flexibility index (Phi) is 10.5. The maximum absolute atomic E-state index is 12.1. The number of thioether (sulfide) groups is 1. The fraction of sp³-hybridized carbons (Fsp3) is 0.448. The molecule has 1 aliphatic rings. The summed E-state index contributed by atoms with van der Waals surface area (Å²) in [6.07, 6.45) is -1.28. The number of aryl methyl sites for hydroxylation is 1. The van der Waals surface area contributed by atoms with Gasteiger partial charge in [0.1, 0.15) is 11.5 Å². The second-order valence-corrected chi connectivity index (χ2v) is 10.3. The predicted octanol–water partition coefficient (Wildman–Crippen LogP) is 3.86. The van der Waals surface area contributed by atoms with E-state index in [1.807, 2.05) is 49.4 Å². The topological polar surface area (TPSA) is 114 Å². The van der Waals surface area contributed by atoms with Crippen LogP contribution >= 0.6 is 11.8 Å². The molecule has 0 radical (unpaired) electrons. The van der Waals surface area contributed by atoms with Crippen LogP contribution < -0.4 is 0 Å². The van der Waals surface area contributed by atoms with Gasteiger partial charge < -0.3 is 23.7 Å². The highest BCUT2D eigenvalue weighted by Gasteiger charge is 2.52. The molecule has 9 nitrogen and oxygen atoms in total. The van der Waals surface area contributed by atoms with Gasteiger partial charge in [0.2, 0.25) is 0 Å². The summed E-state index contributed by atoms with van der Waals surface area (Å²) in [7, 11) is 1.36. The first-order chi connectivity index (χ1) is 18.5. The lowest BCUT2D eigenvalue weighted by Gasteiger charge is -2.44. The van der Waals surface area contributed by atoms with Crippen LogP contribution in [-0.2, 0) is 55.7 Å². The third kappa shape index (κ3) is 8.06. The molecule has 1 heterocycles. The van der Waals surface area contributed by atoms with Crippen molar-refractivity contribution in [2.24, 2.45) is 0 Å². The Morgan fingerprint density at radius 3 is 1.95 bits per heavy atom. The molecule has 2 aromatic carbocycles. The second kappa shape index (κ2) is 13.6. The Morgan fingerprint density at radius 1 is 0.821 bits per heavy atom. The Bertz CT molecular complexity index is 1190. The summed E-state index contributed by atoms with van der Waals surface area (Å²) in [5, 5.41) is 0. The molecule has 0 N–H and O–H groups in total. The summed E-state index contributed by atoms with van der Waals surface area (Å²) in [5.74, 6) is -2.06. The maximum Gasteiger partial charge on any atom is 0.309 e. The molecule has 1 aliphatic heterocycles. The summed E-state index contributed by atoms with van der Waals surface area (Å²) < 4.78 is 27.8.